The minimum Gasteiger partial charge on any atom is -0.495 e. The highest BCUT2D eigenvalue weighted by Gasteiger charge is 2.34. The lowest BCUT2D eigenvalue weighted by Crippen LogP contribution is -2.40. The van der Waals surface area contributed by atoms with Crippen LogP contribution in [-0.2, 0) is 14.3 Å². The lowest BCUT2D eigenvalue weighted by atomic mass is 9.96. The molecule has 0 saturated heterocycles. The number of esters is 1. The smallest absolute Gasteiger partial charge is 0.338 e. The first-order valence-electron chi connectivity index (χ1n) is 13.4. The van der Waals surface area contributed by atoms with Gasteiger partial charge in [-0.3, -0.25) is 14.2 Å². The minimum absolute atomic E-state index is 0.182. The van der Waals surface area contributed by atoms with Crippen molar-refractivity contribution in [1.29, 1.82) is 0 Å². The minimum atomic E-state index is -0.788. The Labute approximate surface area is 256 Å². The van der Waals surface area contributed by atoms with Gasteiger partial charge in [-0.25, -0.2) is 9.79 Å². The zero-order valence-corrected chi connectivity index (χ0v) is 25.2. The van der Waals surface area contributed by atoms with Gasteiger partial charge >= 0.3 is 5.97 Å². The quantitative estimate of drug-likeness (QED) is 0.278. The number of allylic oxidation sites excluding steroid dienone is 1. The molecule has 1 N–H and O–H groups in total. The van der Waals surface area contributed by atoms with Crippen LogP contribution in [0.3, 0.4) is 0 Å². The molecular weight excluding hydrogens is 590 g/mol. The number of benzene rings is 3. The lowest BCUT2D eigenvalue weighted by Gasteiger charge is -2.25. The van der Waals surface area contributed by atoms with Gasteiger partial charge in [0.15, 0.2) is 11.4 Å². The maximum Gasteiger partial charge on any atom is 0.338 e. The molecule has 11 heteroatoms. The molecule has 2 heterocycles. The van der Waals surface area contributed by atoms with Crippen LogP contribution in [-0.4, -0.2) is 36.8 Å². The number of nitrogens with zero attached hydrogens (tertiary/aromatic N) is 2. The summed E-state index contributed by atoms with van der Waals surface area (Å²) in [5.41, 5.74) is 2.32. The van der Waals surface area contributed by atoms with Gasteiger partial charge in [-0.1, -0.05) is 65.4 Å². The summed E-state index contributed by atoms with van der Waals surface area (Å²) in [7, 11) is 1.53. The van der Waals surface area contributed by atoms with Crippen molar-refractivity contribution < 1.29 is 23.8 Å². The van der Waals surface area contributed by atoms with Gasteiger partial charge in [0.2, 0.25) is 0 Å². The Hall–Kier alpha value is -4.67. The predicted molar refractivity (Wildman–Crippen MR) is 165 cm³/mol. The second-order valence-corrected chi connectivity index (χ2v) is 10.8. The second-order valence-electron chi connectivity index (χ2n) is 9.43. The molecule has 3 aromatic carbocycles. The molecule has 9 nitrogen and oxygen atoms in total. The molecule has 1 atom stereocenters. The molecule has 220 valence electrons. The summed E-state index contributed by atoms with van der Waals surface area (Å²) in [6.07, 6.45) is 1.75. The standard InChI is InChI=1S/C32H28ClN3O6S/c1-4-41-31(39)28-19(2)34-32-36(29(28)22-9-5-6-10-23(22)33)30(38)26(43-32)17-20-13-15-21(16-14-20)42-18-27(37)35-24-11-7-8-12-25(24)40-3/h5-17,29H,4,18H2,1-3H3,(H,35,37)/b26-17+/t29-/m0/s1. The van der Waals surface area contributed by atoms with Crippen LogP contribution in [0.25, 0.3) is 6.08 Å². The lowest BCUT2D eigenvalue weighted by molar-refractivity contribution is -0.139. The molecule has 0 radical (unpaired) electrons. The fourth-order valence-corrected chi connectivity index (χ4v) is 5.96. The van der Waals surface area contributed by atoms with E-state index in [-0.39, 0.29) is 30.3 Å². The molecule has 0 unspecified atom stereocenters. The number of nitrogens with one attached hydrogen (secondary N) is 1. The molecule has 4 aromatic rings. The number of halogens is 1. The van der Waals surface area contributed by atoms with Crippen LogP contribution >= 0.6 is 22.9 Å². The Morgan fingerprint density at radius 2 is 1.79 bits per heavy atom. The molecular formula is C32H28ClN3O6S. The van der Waals surface area contributed by atoms with Crippen LogP contribution < -0.4 is 29.7 Å². The van der Waals surface area contributed by atoms with Crippen molar-refractivity contribution in [1.82, 2.24) is 4.57 Å². The SMILES string of the molecule is CCOC(=O)C1=C(C)N=c2s/c(=C/c3ccc(OCC(=O)Nc4ccccc4OC)cc3)c(=O)n2[C@H]1c1ccccc1Cl. The topological polar surface area (TPSA) is 108 Å². The monoisotopic (exact) mass is 617 g/mol. The van der Waals surface area contributed by atoms with Gasteiger partial charge in [-0.15, -0.1) is 0 Å². The Morgan fingerprint density at radius 3 is 2.51 bits per heavy atom. The maximum absolute atomic E-state index is 13.8. The summed E-state index contributed by atoms with van der Waals surface area (Å²) < 4.78 is 18.1. The van der Waals surface area contributed by atoms with Crippen molar-refractivity contribution in [2.24, 2.45) is 4.99 Å². The first-order chi connectivity index (χ1) is 20.8. The van der Waals surface area contributed by atoms with Crippen LogP contribution in [0.15, 0.2) is 93.9 Å². The van der Waals surface area contributed by atoms with Crippen molar-refractivity contribution in [2.45, 2.75) is 19.9 Å². The number of anilines is 1. The van der Waals surface area contributed by atoms with E-state index < -0.39 is 12.0 Å². The maximum atomic E-state index is 13.8. The van der Waals surface area contributed by atoms with E-state index in [1.807, 2.05) is 6.07 Å². The van der Waals surface area contributed by atoms with E-state index >= 15 is 0 Å². The van der Waals surface area contributed by atoms with Gasteiger partial charge < -0.3 is 19.5 Å². The van der Waals surface area contributed by atoms with Gasteiger partial charge in [0.1, 0.15) is 17.5 Å². The number of fused-ring (bicyclic) bond motifs is 1. The first-order valence-corrected chi connectivity index (χ1v) is 14.6. The van der Waals surface area contributed by atoms with E-state index in [4.69, 9.17) is 25.8 Å². The molecule has 1 aliphatic rings. The molecule has 1 aliphatic heterocycles. The summed E-state index contributed by atoms with van der Waals surface area (Å²) in [6.45, 7) is 3.44. The zero-order chi connectivity index (χ0) is 30.5. The average molecular weight is 618 g/mol. The molecule has 0 spiro atoms. The van der Waals surface area contributed by atoms with E-state index in [1.54, 1.807) is 86.7 Å². The van der Waals surface area contributed by atoms with Gasteiger partial charge in [-0.2, -0.15) is 0 Å². The van der Waals surface area contributed by atoms with Gasteiger partial charge in [-0.05, 0) is 61.4 Å². The second kappa shape index (κ2) is 13.1. The van der Waals surface area contributed by atoms with Crippen molar-refractivity contribution in [3.05, 3.63) is 120 Å². The third-order valence-electron chi connectivity index (χ3n) is 6.65. The largest absolute Gasteiger partial charge is 0.495 e. The number of aromatic nitrogens is 1. The van der Waals surface area contributed by atoms with Crippen molar-refractivity contribution in [3.63, 3.8) is 0 Å². The molecule has 0 fully saturated rings. The van der Waals surface area contributed by atoms with E-state index in [0.717, 1.165) is 5.56 Å². The highest BCUT2D eigenvalue weighted by molar-refractivity contribution is 7.07. The van der Waals surface area contributed by atoms with E-state index in [1.165, 1.54) is 23.0 Å². The number of carbonyl (C=O) groups is 2. The van der Waals surface area contributed by atoms with Gasteiger partial charge in [0, 0.05) is 5.02 Å². The predicted octanol–water partition coefficient (Wildman–Crippen LogP) is 4.48. The Balaban J connectivity index is 1.40. The number of carbonyl (C=O) groups excluding carboxylic acids is 2. The first kappa shape index (κ1) is 29.8. The van der Waals surface area contributed by atoms with Crippen LogP contribution in [0.4, 0.5) is 5.69 Å². The Bertz CT molecular complexity index is 1900. The van der Waals surface area contributed by atoms with Crippen LogP contribution in [0.1, 0.15) is 31.0 Å². The van der Waals surface area contributed by atoms with Crippen molar-refractivity contribution in [3.8, 4) is 11.5 Å². The molecule has 1 aromatic heterocycles. The highest BCUT2D eigenvalue weighted by Crippen LogP contribution is 2.34. The van der Waals surface area contributed by atoms with E-state index in [0.29, 0.717) is 42.8 Å². The summed E-state index contributed by atoms with van der Waals surface area (Å²) in [5, 5.41) is 3.19. The number of ether oxygens (including phenoxy) is 3. The summed E-state index contributed by atoms with van der Waals surface area (Å²) >= 11 is 7.77. The Morgan fingerprint density at radius 1 is 1.07 bits per heavy atom. The summed E-state index contributed by atoms with van der Waals surface area (Å²) in [6, 6.07) is 20.4. The fourth-order valence-electron chi connectivity index (χ4n) is 4.68. The third-order valence-corrected chi connectivity index (χ3v) is 7.97. The molecule has 1 amide bonds. The third kappa shape index (κ3) is 6.40. The van der Waals surface area contributed by atoms with Gasteiger partial charge in [0.05, 0.1) is 35.2 Å². The number of hydrogen-bond acceptors (Lipinski definition) is 8. The average Bonchev–Trinajstić information content (AvgIpc) is 3.30. The molecule has 0 bridgehead atoms. The number of thiazole rings is 1. The van der Waals surface area contributed by atoms with Crippen LogP contribution in [0.5, 0.6) is 11.5 Å². The van der Waals surface area contributed by atoms with Crippen molar-refractivity contribution in [2.75, 3.05) is 25.6 Å². The van der Waals surface area contributed by atoms with Crippen LogP contribution in [0.2, 0.25) is 5.02 Å². The van der Waals surface area contributed by atoms with Gasteiger partial charge in [0.25, 0.3) is 11.5 Å². The highest BCUT2D eigenvalue weighted by atomic mass is 35.5. The normalized spacial score (nSPS) is 14.5. The number of hydrogen-bond donors (Lipinski definition) is 1. The molecule has 43 heavy (non-hydrogen) atoms. The van der Waals surface area contributed by atoms with E-state index in [2.05, 4.69) is 10.3 Å². The number of rotatable bonds is 9. The molecule has 0 aliphatic carbocycles. The van der Waals surface area contributed by atoms with Crippen molar-refractivity contribution >= 4 is 46.6 Å². The fraction of sp³-hybridized carbons (Fsp3) is 0.188. The molecule has 5 rings (SSSR count). The van der Waals surface area contributed by atoms with E-state index in [9.17, 15) is 14.4 Å². The van der Waals surface area contributed by atoms with Crippen LogP contribution in [0, 0.1) is 0 Å². The number of methoxy groups -OCH3 is 1. The zero-order valence-electron chi connectivity index (χ0n) is 23.6. The molecule has 0 saturated carbocycles. The summed E-state index contributed by atoms with van der Waals surface area (Å²) in [5.74, 6) is 0.161. The Kier molecular flexibility index (Phi) is 9.08. The number of amides is 1. The summed E-state index contributed by atoms with van der Waals surface area (Å²) in [4.78, 5) is 44.2. The number of para-hydroxylation sites is 2.